The largest absolute Gasteiger partial charge is 0.462 e. The van der Waals surface area contributed by atoms with Gasteiger partial charge in [-0.15, -0.1) is 0 Å². The highest BCUT2D eigenvalue weighted by atomic mass is 16.6. The molecule has 0 unspecified atom stereocenters. The van der Waals surface area contributed by atoms with Crippen molar-refractivity contribution in [1.29, 1.82) is 0 Å². The monoisotopic (exact) mass is 433 g/mol. The molecule has 1 rings (SSSR count). The maximum absolute atomic E-state index is 12.0. The Kier molecular flexibility index (Phi) is 15.5. The number of rotatable bonds is 19. The van der Waals surface area contributed by atoms with E-state index >= 15 is 0 Å². The number of esters is 1. The first-order valence-electron chi connectivity index (χ1n) is 12.5. The Morgan fingerprint density at radius 2 is 1.26 bits per heavy atom. The van der Waals surface area contributed by atoms with Crippen molar-refractivity contribution in [3.05, 3.63) is 39.4 Å². The molecule has 1 aromatic carbocycles. The van der Waals surface area contributed by atoms with E-state index in [1.807, 2.05) is 0 Å². The average Bonchev–Trinajstić information content (AvgIpc) is 2.75. The molecule has 0 fully saturated rings. The van der Waals surface area contributed by atoms with E-state index in [0.717, 1.165) is 12.8 Å². The van der Waals surface area contributed by atoms with Crippen LogP contribution < -0.4 is 0 Å². The molecule has 0 atom stereocenters. The van der Waals surface area contributed by atoms with Gasteiger partial charge >= 0.3 is 5.97 Å². The van der Waals surface area contributed by atoms with Crippen LogP contribution in [-0.4, -0.2) is 17.5 Å². The van der Waals surface area contributed by atoms with Crippen LogP contribution in [0, 0.1) is 17.0 Å². The van der Waals surface area contributed by atoms with Crippen molar-refractivity contribution in [2.24, 2.45) is 0 Å². The molecule has 0 aromatic heterocycles. The summed E-state index contributed by atoms with van der Waals surface area (Å²) in [7, 11) is 0. The lowest BCUT2D eigenvalue weighted by Gasteiger charge is -2.06. The molecule has 5 nitrogen and oxygen atoms in total. The van der Waals surface area contributed by atoms with Gasteiger partial charge in [-0.1, -0.05) is 109 Å². The molecule has 0 bridgehead atoms. The van der Waals surface area contributed by atoms with E-state index in [0.29, 0.717) is 12.2 Å². The summed E-state index contributed by atoms with van der Waals surface area (Å²) in [6.07, 6.45) is 20.9. The quantitative estimate of drug-likeness (QED) is 0.0951. The van der Waals surface area contributed by atoms with E-state index in [1.165, 1.54) is 96.0 Å². The van der Waals surface area contributed by atoms with Gasteiger partial charge in [0.05, 0.1) is 17.1 Å². The van der Waals surface area contributed by atoms with Crippen LogP contribution in [-0.2, 0) is 4.74 Å². The highest BCUT2D eigenvalue weighted by Crippen LogP contribution is 2.20. The van der Waals surface area contributed by atoms with E-state index in [2.05, 4.69) is 6.92 Å². The van der Waals surface area contributed by atoms with Crippen LogP contribution in [0.2, 0.25) is 0 Å². The lowest BCUT2D eigenvalue weighted by molar-refractivity contribution is -0.385. The molecule has 31 heavy (non-hydrogen) atoms. The number of ether oxygens (including phenoxy) is 1. The fourth-order valence-corrected chi connectivity index (χ4v) is 3.83. The van der Waals surface area contributed by atoms with Crippen LogP contribution >= 0.6 is 0 Å². The number of nitrogens with zero attached hydrogens (tertiary/aromatic N) is 1. The van der Waals surface area contributed by atoms with Crippen molar-refractivity contribution in [1.82, 2.24) is 0 Å². The molecular weight excluding hydrogens is 390 g/mol. The second kappa shape index (κ2) is 17.7. The highest BCUT2D eigenvalue weighted by Gasteiger charge is 2.15. The summed E-state index contributed by atoms with van der Waals surface area (Å²) in [4.78, 5) is 22.6. The Bertz CT molecular complexity index is 630. The van der Waals surface area contributed by atoms with Crippen LogP contribution in [0.5, 0.6) is 0 Å². The summed E-state index contributed by atoms with van der Waals surface area (Å²) in [5.74, 6) is -0.482. The van der Waals surface area contributed by atoms with Gasteiger partial charge in [0.2, 0.25) is 0 Å². The second-order valence-electron chi connectivity index (χ2n) is 8.70. The fourth-order valence-electron chi connectivity index (χ4n) is 3.83. The normalized spacial score (nSPS) is 10.9. The number of nitro groups is 1. The van der Waals surface area contributed by atoms with Crippen LogP contribution in [0.25, 0.3) is 0 Å². The maximum Gasteiger partial charge on any atom is 0.338 e. The molecule has 0 aliphatic heterocycles. The molecule has 1 aromatic rings. The van der Waals surface area contributed by atoms with Crippen molar-refractivity contribution in [3.8, 4) is 0 Å². The first kappa shape index (κ1) is 27.1. The van der Waals surface area contributed by atoms with Gasteiger partial charge in [-0.3, -0.25) is 10.1 Å². The molecular formula is C26H43NO4. The molecule has 0 radical (unpaired) electrons. The zero-order valence-corrected chi connectivity index (χ0v) is 19.8. The van der Waals surface area contributed by atoms with Crippen LogP contribution in [0.15, 0.2) is 18.2 Å². The third-order valence-electron chi connectivity index (χ3n) is 5.87. The summed E-state index contributed by atoms with van der Waals surface area (Å²) in [5.41, 5.74) is 0.741. The second-order valence-corrected chi connectivity index (χ2v) is 8.70. The van der Waals surface area contributed by atoms with Crippen molar-refractivity contribution >= 4 is 11.7 Å². The van der Waals surface area contributed by atoms with Crippen molar-refractivity contribution in [2.75, 3.05) is 6.61 Å². The van der Waals surface area contributed by atoms with Crippen LogP contribution in [0.1, 0.15) is 126 Å². The predicted octanol–water partition coefficient (Wildman–Crippen LogP) is 8.32. The van der Waals surface area contributed by atoms with Crippen molar-refractivity contribution in [2.45, 2.75) is 117 Å². The third kappa shape index (κ3) is 13.2. The van der Waals surface area contributed by atoms with Gasteiger partial charge in [0, 0.05) is 11.6 Å². The molecule has 5 heteroatoms. The molecule has 176 valence electrons. The molecule has 0 saturated carbocycles. The molecule has 0 N–H and O–H groups in total. The minimum absolute atomic E-state index is 0.0446. The van der Waals surface area contributed by atoms with Gasteiger partial charge in [-0.05, 0) is 19.4 Å². The van der Waals surface area contributed by atoms with Gasteiger partial charge in [0.1, 0.15) is 0 Å². The van der Waals surface area contributed by atoms with E-state index in [1.54, 1.807) is 19.1 Å². The van der Waals surface area contributed by atoms with Gasteiger partial charge in [0.15, 0.2) is 0 Å². The number of carbonyl (C=O) groups excluding carboxylic acids is 1. The van der Waals surface area contributed by atoms with Crippen LogP contribution in [0.3, 0.4) is 0 Å². The predicted molar refractivity (Wildman–Crippen MR) is 128 cm³/mol. The standard InChI is InChI=1S/C26H43NO4/c1-3-4-5-6-7-8-9-10-11-12-13-14-15-16-17-18-21-31-26(28)24-20-19-23(2)25(22-24)27(29)30/h19-20,22H,3-18,21H2,1-2H3. The van der Waals surface area contributed by atoms with Crippen molar-refractivity contribution in [3.63, 3.8) is 0 Å². The summed E-state index contributed by atoms with van der Waals surface area (Å²) in [5, 5.41) is 11.0. The number of hydrogen-bond donors (Lipinski definition) is 0. The van der Waals surface area contributed by atoms with Gasteiger partial charge in [0.25, 0.3) is 5.69 Å². The summed E-state index contributed by atoms with van der Waals surface area (Å²) in [6, 6.07) is 4.47. The summed E-state index contributed by atoms with van der Waals surface area (Å²) >= 11 is 0. The number of nitro benzene ring substituents is 1. The first-order valence-corrected chi connectivity index (χ1v) is 12.5. The number of unbranched alkanes of at least 4 members (excludes halogenated alkanes) is 15. The number of hydrogen-bond acceptors (Lipinski definition) is 4. The van der Waals surface area contributed by atoms with Gasteiger partial charge < -0.3 is 4.74 Å². The summed E-state index contributed by atoms with van der Waals surface area (Å²) in [6.45, 7) is 4.30. The van der Waals surface area contributed by atoms with Gasteiger partial charge in [-0.25, -0.2) is 4.79 Å². The van der Waals surface area contributed by atoms with Crippen LogP contribution in [0.4, 0.5) is 5.69 Å². The fraction of sp³-hybridized carbons (Fsp3) is 0.731. The Morgan fingerprint density at radius 1 is 0.806 bits per heavy atom. The Balaban J connectivity index is 1.92. The third-order valence-corrected chi connectivity index (χ3v) is 5.87. The molecule has 0 aliphatic rings. The molecule has 0 amide bonds. The van der Waals surface area contributed by atoms with Gasteiger partial charge in [-0.2, -0.15) is 0 Å². The number of aryl methyl sites for hydroxylation is 1. The SMILES string of the molecule is CCCCCCCCCCCCCCCCCCOC(=O)c1ccc(C)c([N+](=O)[O-])c1. The topological polar surface area (TPSA) is 69.4 Å². The van der Waals surface area contributed by atoms with E-state index in [9.17, 15) is 14.9 Å². The minimum atomic E-state index is -0.482. The molecule has 0 saturated heterocycles. The van der Waals surface area contributed by atoms with E-state index < -0.39 is 10.9 Å². The minimum Gasteiger partial charge on any atom is -0.462 e. The molecule has 0 heterocycles. The highest BCUT2D eigenvalue weighted by molar-refractivity contribution is 5.90. The van der Waals surface area contributed by atoms with E-state index in [4.69, 9.17) is 4.74 Å². The number of benzene rings is 1. The molecule has 0 spiro atoms. The Morgan fingerprint density at radius 3 is 1.71 bits per heavy atom. The van der Waals surface area contributed by atoms with Crippen molar-refractivity contribution < 1.29 is 14.5 Å². The number of carbonyl (C=O) groups is 1. The summed E-state index contributed by atoms with van der Waals surface area (Å²) < 4.78 is 5.26. The zero-order valence-electron chi connectivity index (χ0n) is 19.8. The Hall–Kier alpha value is -1.91. The lowest BCUT2D eigenvalue weighted by atomic mass is 10.0. The lowest BCUT2D eigenvalue weighted by Crippen LogP contribution is -2.07. The Labute approximate surface area is 189 Å². The maximum atomic E-state index is 12.0. The average molecular weight is 434 g/mol. The first-order chi connectivity index (χ1) is 15.1. The zero-order chi connectivity index (χ0) is 22.7. The molecule has 0 aliphatic carbocycles. The smallest absolute Gasteiger partial charge is 0.338 e. The van der Waals surface area contributed by atoms with E-state index in [-0.39, 0.29) is 11.3 Å².